The first-order chi connectivity index (χ1) is 10.7. The van der Waals surface area contributed by atoms with Crippen LogP contribution in [-0.4, -0.2) is 39.3 Å². The van der Waals surface area contributed by atoms with Gasteiger partial charge in [0, 0.05) is 25.3 Å². The van der Waals surface area contributed by atoms with Crippen molar-refractivity contribution in [1.82, 2.24) is 20.2 Å². The summed E-state index contributed by atoms with van der Waals surface area (Å²) >= 11 is 0. The number of nitrogens with zero attached hydrogens (tertiary/aromatic N) is 4. The van der Waals surface area contributed by atoms with E-state index in [0.717, 1.165) is 30.8 Å². The fourth-order valence-electron chi connectivity index (χ4n) is 2.63. The molecule has 1 aliphatic heterocycles. The first kappa shape index (κ1) is 14.6. The third-order valence-electron chi connectivity index (χ3n) is 3.73. The summed E-state index contributed by atoms with van der Waals surface area (Å²) in [6.07, 6.45) is 2.58. The van der Waals surface area contributed by atoms with E-state index in [-0.39, 0.29) is 5.91 Å². The summed E-state index contributed by atoms with van der Waals surface area (Å²) in [7, 11) is 0. The van der Waals surface area contributed by atoms with Crippen LogP contribution in [0.1, 0.15) is 25.1 Å². The maximum Gasteiger partial charge on any atom is 0.224 e. The summed E-state index contributed by atoms with van der Waals surface area (Å²) in [5, 5.41) is 14.4. The van der Waals surface area contributed by atoms with Gasteiger partial charge in [-0.25, -0.2) is 0 Å². The highest BCUT2D eigenvalue weighted by Crippen LogP contribution is 2.19. The molecule has 0 bridgehead atoms. The van der Waals surface area contributed by atoms with Gasteiger partial charge in [0.1, 0.15) is 0 Å². The number of carbonyl (C=O) groups excluding carboxylic acids is 1. The molecule has 1 aliphatic rings. The van der Waals surface area contributed by atoms with Gasteiger partial charge in [-0.3, -0.25) is 4.79 Å². The fourth-order valence-corrected chi connectivity index (χ4v) is 2.63. The Kier molecular flexibility index (Phi) is 4.43. The van der Waals surface area contributed by atoms with E-state index in [2.05, 4.69) is 20.8 Å². The van der Waals surface area contributed by atoms with Crippen LogP contribution in [0.25, 0.3) is 5.69 Å². The Morgan fingerprint density at radius 3 is 3.14 bits per heavy atom. The van der Waals surface area contributed by atoms with Crippen molar-refractivity contribution in [2.45, 2.75) is 26.2 Å². The van der Waals surface area contributed by atoms with Gasteiger partial charge in [-0.15, -0.1) is 5.10 Å². The van der Waals surface area contributed by atoms with Crippen LogP contribution < -0.4 is 5.32 Å². The van der Waals surface area contributed by atoms with Gasteiger partial charge in [-0.05, 0) is 54.3 Å². The van der Waals surface area contributed by atoms with E-state index < -0.39 is 0 Å². The zero-order chi connectivity index (χ0) is 15.4. The molecular formula is C15H19N5O2. The lowest BCUT2D eigenvalue weighted by Crippen LogP contribution is -2.23. The van der Waals surface area contributed by atoms with E-state index in [1.807, 2.05) is 31.2 Å². The molecule has 0 aliphatic carbocycles. The van der Waals surface area contributed by atoms with Crippen molar-refractivity contribution >= 4 is 11.6 Å². The molecule has 1 saturated heterocycles. The Balaban J connectivity index is 1.65. The van der Waals surface area contributed by atoms with Crippen LogP contribution in [0, 0.1) is 12.8 Å². The molecular weight excluding hydrogens is 282 g/mol. The van der Waals surface area contributed by atoms with Crippen LogP contribution in [-0.2, 0) is 9.53 Å². The summed E-state index contributed by atoms with van der Waals surface area (Å²) in [4.78, 5) is 12.1. The van der Waals surface area contributed by atoms with Crippen LogP contribution in [0.2, 0.25) is 0 Å². The molecule has 1 atom stereocenters. The van der Waals surface area contributed by atoms with Gasteiger partial charge >= 0.3 is 0 Å². The largest absolute Gasteiger partial charge is 0.381 e. The van der Waals surface area contributed by atoms with Crippen LogP contribution >= 0.6 is 0 Å². The zero-order valence-electron chi connectivity index (χ0n) is 12.5. The van der Waals surface area contributed by atoms with E-state index >= 15 is 0 Å². The number of rotatable bonds is 4. The normalized spacial score (nSPS) is 18.1. The maximum absolute atomic E-state index is 12.1. The lowest BCUT2D eigenvalue weighted by atomic mass is 9.98. The molecule has 0 saturated carbocycles. The van der Waals surface area contributed by atoms with E-state index in [0.29, 0.717) is 24.8 Å². The predicted octanol–water partition coefficient (Wildman–Crippen LogP) is 1.73. The average Bonchev–Trinajstić information content (AvgIpc) is 2.94. The number of hydrogen-bond acceptors (Lipinski definition) is 5. The molecule has 1 aromatic heterocycles. The number of aryl methyl sites for hydroxylation is 1. The number of carbonyl (C=O) groups is 1. The van der Waals surface area contributed by atoms with Gasteiger partial charge in [-0.1, -0.05) is 6.07 Å². The average molecular weight is 301 g/mol. The summed E-state index contributed by atoms with van der Waals surface area (Å²) in [6, 6.07) is 7.49. The Hall–Kier alpha value is -2.28. The number of hydrogen-bond donors (Lipinski definition) is 1. The molecule has 1 unspecified atom stereocenters. The number of anilines is 1. The highest BCUT2D eigenvalue weighted by molar-refractivity contribution is 5.91. The summed E-state index contributed by atoms with van der Waals surface area (Å²) < 4.78 is 7.04. The molecule has 22 heavy (non-hydrogen) atoms. The minimum Gasteiger partial charge on any atom is -0.381 e. The molecule has 7 heteroatoms. The predicted molar refractivity (Wildman–Crippen MR) is 80.7 cm³/mol. The van der Waals surface area contributed by atoms with Gasteiger partial charge in [-0.2, -0.15) is 4.68 Å². The molecule has 0 radical (unpaired) electrons. The molecule has 0 spiro atoms. The number of benzene rings is 1. The number of amides is 1. The van der Waals surface area contributed by atoms with E-state index in [9.17, 15) is 4.79 Å². The lowest BCUT2D eigenvalue weighted by Gasteiger charge is -2.21. The summed E-state index contributed by atoms with van der Waals surface area (Å²) in [5.41, 5.74) is 1.57. The van der Waals surface area contributed by atoms with Crippen LogP contribution in [0.5, 0.6) is 0 Å². The number of tetrazole rings is 1. The van der Waals surface area contributed by atoms with Crippen molar-refractivity contribution in [2.75, 3.05) is 18.5 Å². The second kappa shape index (κ2) is 6.65. The number of aromatic nitrogens is 4. The van der Waals surface area contributed by atoms with Gasteiger partial charge in [0.2, 0.25) is 5.91 Å². The highest BCUT2D eigenvalue weighted by Gasteiger charge is 2.17. The molecule has 1 fully saturated rings. The maximum atomic E-state index is 12.1. The van der Waals surface area contributed by atoms with Gasteiger partial charge < -0.3 is 10.1 Å². The van der Waals surface area contributed by atoms with Crippen LogP contribution in [0.15, 0.2) is 24.3 Å². The smallest absolute Gasteiger partial charge is 0.224 e. The van der Waals surface area contributed by atoms with E-state index in [1.165, 1.54) is 0 Å². The monoisotopic (exact) mass is 301 g/mol. The second-order valence-electron chi connectivity index (χ2n) is 5.52. The van der Waals surface area contributed by atoms with Crippen molar-refractivity contribution < 1.29 is 9.53 Å². The summed E-state index contributed by atoms with van der Waals surface area (Å²) in [6.45, 7) is 3.32. The van der Waals surface area contributed by atoms with Gasteiger partial charge in [0.25, 0.3) is 0 Å². The molecule has 3 rings (SSSR count). The number of ether oxygens (including phenoxy) is 1. The minimum atomic E-state index is 0.0149. The zero-order valence-corrected chi connectivity index (χ0v) is 12.5. The standard InChI is InChI=1S/C15H19N5O2/c1-11-17-18-19-20(11)14-6-2-5-13(9-14)16-15(21)8-12-4-3-7-22-10-12/h2,5-6,9,12H,3-4,7-8,10H2,1H3,(H,16,21). The quantitative estimate of drug-likeness (QED) is 0.930. The van der Waals surface area contributed by atoms with Crippen LogP contribution in [0.3, 0.4) is 0 Å². The first-order valence-electron chi connectivity index (χ1n) is 7.45. The first-order valence-corrected chi connectivity index (χ1v) is 7.45. The SMILES string of the molecule is Cc1nnnn1-c1cccc(NC(=O)CC2CCCOC2)c1. The van der Waals surface area contributed by atoms with Gasteiger partial charge in [0.05, 0.1) is 5.69 Å². The van der Waals surface area contributed by atoms with Crippen molar-refractivity contribution in [3.63, 3.8) is 0 Å². The molecule has 1 aromatic carbocycles. The highest BCUT2D eigenvalue weighted by atomic mass is 16.5. The van der Waals surface area contributed by atoms with Crippen molar-refractivity contribution in [3.05, 3.63) is 30.1 Å². The Labute approximate surface area is 128 Å². The molecule has 116 valence electrons. The summed E-state index contributed by atoms with van der Waals surface area (Å²) in [5.74, 6) is 1.03. The Bertz CT molecular complexity index is 649. The van der Waals surface area contributed by atoms with Crippen LogP contribution in [0.4, 0.5) is 5.69 Å². The van der Waals surface area contributed by atoms with Crippen molar-refractivity contribution in [3.8, 4) is 5.69 Å². The number of nitrogens with one attached hydrogen (secondary N) is 1. The van der Waals surface area contributed by atoms with E-state index in [1.54, 1.807) is 4.68 Å². The van der Waals surface area contributed by atoms with Crippen molar-refractivity contribution in [1.29, 1.82) is 0 Å². The topological polar surface area (TPSA) is 81.9 Å². The minimum absolute atomic E-state index is 0.0149. The van der Waals surface area contributed by atoms with Gasteiger partial charge in [0.15, 0.2) is 5.82 Å². The molecule has 1 N–H and O–H groups in total. The lowest BCUT2D eigenvalue weighted by molar-refractivity contribution is -0.118. The van der Waals surface area contributed by atoms with Crippen molar-refractivity contribution in [2.24, 2.45) is 5.92 Å². The van der Waals surface area contributed by atoms with E-state index in [4.69, 9.17) is 4.74 Å². The molecule has 1 amide bonds. The second-order valence-corrected chi connectivity index (χ2v) is 5.52. The third kappa shape index (κ3) is 3.48. The Morgan fingerprint density at radius 2 is 2.41 bits per heavy atom. The molecule has 2 aromatic rings. The Morgan fingerprint density at radius 1 is 1.50 bits per heavy atom. The third-order valence-corrected chi connectivity index (χ3v) is 3.73. The fraction of sp³-hybridized carbons (Fsp3) is 0.467. The molecule has 2 heterocycles. The molecule has 7 nitrogen and oxygen atoms in total.